The molecule has 1 N–H and O–H groups in total. The minimum Gasteiger partial charge on any atom is -0.496 e. The summed E-state index contributed by atoms with van der Waals surface area (Å²) >= 11 is 0. The fourth-order valence-electron chi connectivity index (χ4n) is 2.75. The van der Waals surface area contributed by atoms with Crippen LogP contribution < -0.4 is 14.2 Å². The third-order valence-corrected chi connectivity index (χ3v) is 5.93. The highest BCUT2D eigenvalue weighted by Gasteiger charge is 2.19. The topological polar surface area (TPSA) is 64.6 Å². The number of ether oxygens (including phenoxy) is 2. The summed E-state index contributed by atoms with van der Waals surface area (Å²) in [5, 5.41) is 0. The fourth-order valence-corrected chi connectivity index (χ4v) is 4.06. The van der Waals surface area contributed by atoms with Crippen molar-refractivity contribution >= 4 is 10.0 Å². The number of benzene rings is 2. The first-order chi connectivity index (χ1) is 12.4. The highest BCUT2D eigenvalue weighted by molar-refractivity contribution is 7.89. The average molecular weight is 378 g/mol. The average Bonchev–Trinajstić information content (AvgIpc) is 2.62. The molecule has 0 aliphatic rings. The molecule has 0 saturated heterocycles. The molecule has 2 rings (SSSR count). The van der Waals surface area contributed by atoms with Crippen LogP contribution in [0.15, 0.2) is 41.3 Å². The van der Waals surface area contributed by atoms with E-state index in [2.05, 4.69) is 11.6 Å². The molecule has 0 heterocycles. The van der Waals surface area contributed by atoms with Gasteiger partial charge in [0.15, 0.2) is 0 Å². The van der Waals surface area contributed by atoms with Gasteiger partial charge >= 0.3 is 0 Å². The summed E-state index contributed by atoms with van der Waals surface area (Å²) in [4.78, 5) is 0.264. The van der Waals surface area contributed by atoms with Crippen molar-refractivity contribution in [3.05, 3.63) is 53.1 Å². The van der Waals surface area contributed by atoms with Gasteiger partial charge in [-0.2, -0.15) is 0 Å². The van der Waals surface area contributed by atoms with Crippen molar-refractivity contribution in [1.82, 2.24) is 4.72 Å². The predicted molar refractivity (Wildman–Crippen MR) is 104 cm³/mol. The third kappa shape index (κ3) is 4.99. The molecule has 0 bridgehead atoms. The van der Waals surface area contributed by atoms with Gasteiger partial charge in [-0.25, -0.2) is 13.1 Å². The molecular weight excluding hydrogens is 350 g/mol. The molecule has 0 aliphatic carbocycles. The number of rotatable bonds is 9. The van der Waals surface area contributed by atoms with Gasteiger partial charge in [0, 0.05) is 6.54 Å². The van der Waals surface area contributed by atoms with Crippen molar-refractivity contribution in [3.63, 3.8) is 0 Å². The molecule has 0 saturated carbocycles. The zero-order valence-electron chi connectivity index (χ0n) is 15.8. The molecule has 0 fully saturated rings. The van der Waals surface area contributed by atoms with Crippen molar-refractivity contribution in [1.29, 1.82) is 0 Å². The van der Waals surface area contributed by atoms with E-state index in [1.807, 2.05) is 31.2 Å². The normalized spacial score (nSPS) is 11.4. The monoisotopic (exact) mass is 377 g/mol. The van der Waals surface area contributed by atoms with Crippen molar-refractivity contribution < 1.29 is 17.9 Å². The zero-order valence-corrected chi connectivity index (χ0v) is 16.7. The molecule has 26 heavy (non-hydrogen) atoms. The van der Waals surface area contributed by atoms with E-state index in [1.54, 1.807) is 26.2 Å². The lowest BCUT2D eigenvalue weighted by Crippen LogP contribution is -2.29. The lowest BCUT2D eigenvalue weighted by Gasteiger charge is -2.14. The number of methoxy groups -OCH3 is 1. The van der Waals surface area contributed by atoms with E-state index in [0.29, 0.717) is 11.3 Å². The van der Waals surface area contributed by atoms with Crippen LogP contribution in [0.1, 0.15) is 30.0 Å². The Labute approximate surface area is 156 Å². The van der Waals surface area contributed by atoms with Crippen LogP contribution in [0.3, 0.4) is 0 Å². The largest absolute Gasteiger partial charge is 0.496 e. The molecule has 0 radical (unpaired) electrons. The van der Waals surface area contributed by atoms with Crippen LogP contribution >= 0.6 is 0 Å². The molecule has 0 spiro atoms. The number of hydrogen-bond donors (Lipinski definition) is 1. The Hall–Kier alpha value is -2.05. The lowest BCUT2D eigenvalue weighted by molar-refractivity contribution is 0.322. The second kappa shape index (κ2) is 9.05. The zero-order chi connectivity index (χ0) is 19.2. The first-order valence-corrected chi connectivity index (χ1v) is 10.2. The van der Waals surface area contributed by atoms with Crippen molar-refractivity contribution in [2.75, 3.05) is 20.3 Å². The minimum absolute atomic E-state index is 0.198. The Balaban J connectivity index is 1.93. The maximum Gasteiger partial charge on any atom is 0.240 e. The van der Waals surface area contributed by atoms with Crippen molar-refractivity contribution in [2.24, 2.45) is 0 Å². The van der Waals surface area contributed by atoms with Crippen LogP contribution in [0, 0.1) is 13.8 Å². The van der Waals surface area contributed by atoms with Gasteiger partial charge in [-0.15, -0.1) is 0 Å². The summed E-state index contributed by atoms with van der Waals surface area (Å²) in [6.45, 7) is 6.23. The van der Waals surface area contributed by atoms with E-state index in [-0.39, 0.29) is 18.0 Å². The lowest BCUT2D eigenvalue weighted by atomic mass is 10.1. The van der Waals surface area contributed by atoms with E-state index < -0.39 is 10.0 Å². The van der Waals surface area contributed by atoms with E-state index in [9.17, 15) is 8.42 Å². The summed E-state index contributed by atoms with van der Waals surface area (Å²) in [5.74, 6) is 1.41. The molecule has 142 valence electrons. The van der Waals surface area contributed by atoms with Gasteiger partial charge in [-0.3, -0.25) is 0 Å². The second-order valence-corrected chi connectivity index (χ2v) is 7.89. The van der Waals surface area contributed by atoms with Gasteiger partial charge in [-0.1, -0.05) is 25.5 Å². The molecule has 2 aromatic rings. The SMILES string of the molecule is CCCc1ccc(OCCNS(=O)(=O)c2ccc(OC)c(C)c2C)cc1. The highest BCUT2D eigenvalue weighted by Crippen LogP contribution is 2.26. The van der Waals surface area contributed by atoms with Gasteiger partial charge < -0.3 is 9.47 Å². The standard InChI is InChI=1S/C20H27NO4S/c1-5-6-17-7-9-18(10-8-17)25-14-13-21-26(22,23)20-12-11-19(24-4)15(2)16(20)3/h7-12,21H,5-6,13-14H2,1-4H3. The Kier molecular flexibility index (Phi) is 7.06. The Morgan fingerprint density at radius 3 is 2.31 bits per heavy atom. The summed E-state index contributed by atoms with van der Waals surface area (Å²) in [6, 6.07) is 11.1. The minimum atomic E-state index is -3.59. The molecule has 2 aromatic carbocycles. The van der Waals surface area contributed by atoms with Gasteiger partial charge in [0.1, 0.15) is 18.1 Å². The smallest absolute Gasteiger partial charge is 0.240 e. The number of nitrogens with one attached hydrogen (secondary N) is 1. The maximum absolute atomic E-state index is 12.5. The van der Waals surface area contributed by atoms with E-state index in [1.165, 1.54) is 5.56 Å². The highest BCUT2D eigenvalue weighted by atomic mass is 32.2. The predicted octanol–water partition coefficient (Wildman–Crippen LogP) is 3.62. The number of sulfonamides is 1. The van der Waals surface area contributed by atoms with Crippen LogP contribution in [-0.4, -0.2) is 28.7 Å². The quantitative estimate of drug-likeness (QED) is 0.678. The van der Waals surface area contributed by atoms with Crippen LogP contribution in [0.2, 0.25) is 0 Å². The Morgan fingerprint density at radius 2 is 1.69 bits per heavy atom. The number of aryl methyl sites for hydroxylation is 1. The van der Waals surface area contributed by atoms with Crippen LogP contribution in [0.25, 0.3) is 0 Å². The maximum atomic E-state index is 12.5. The van der Waals surface area contributed by atoms with Gasteiger partial charge in [0.25, 0.3) is 0 Å². The second-order valence-electron chi connectivity index (χ2n) is 6.16. The Morgan fingerprint density at radius 1 is 1.00 bits per heavy atom. The van der Waals surface area contributed by atoms with Crippen molar-refractivity contribution in [2.45, 2.75) is 38.5 Å². The first-order valence-electron chi connectivity index (χ1n) is 8.74. The summed E-state index contributed by atoms with van der Waals surface area (Å²) in [5.41, 5.74) is 2.77. The third-order valence-electron chi connectivity index (χ3n) is 4.32. The number of hydrogen-bond acceptors (Lipinski definition) is 4. The van der Waals surface area contributed by atoms with Crippen molar-refractivity contribution in [3.8, 4) is 11.5 Å². The molecular formula is C20H27NO4S. The van der Waals surface area contributed by atoms with Gasteiger partial charge in [0.05, 0.1) is 12.0 Å². The molecule has 0 aromatic heterocycles. The molecule has 0 atom stereocenters. The molecule has 0 unspecified atom stereocenters. The molecule has 0 amide bonds. The van der Waals surface area contributed by atoms with Crippen LogP contribution in [-0.2, 0) is 16.4 Å². The van der Waals surface area contributed by atoms with E-state index in [4.69, 9.17) is 9.47 Å². The Bertz CT molecular complexity index is 830. The van der Waals surface area contributed by atoms with E-state index >= 15 is 0 Å². The van der Waals surface area contributed by atoms with E-state index in [0.717, 1.165) is 24.2 Å². The summed E-state index contributed by atoms with van der Waals surface area (Å²) in [6.07, 6.45) is 2.15. The van der Waals surface area contributed by atoms with Crippen LogP contribution in [0.4, 0.5) is 0 Å². The molecule has 6 heteroatoms. The summed E-state index contributed by atoms with van der Waals surface area (Å²) in [7, 11) is -2.02. The van der Waals surface area contributed by atoms with Gasteiger partial charge in [0.2, 0.25) is 10.0 Å². The summed E-state index contributed by atoms with van der Waals surface area (Å²) < 4.78 is 38.5. The fraction of sp³-hybridized carbons (Fsp3) is 0.400. The molecule has 5 nitrogen and oxygen atoms in total. The van der Waals surface area contributed by atoms with Crippen LogP contribution in [0.5, 0.6) is 11.5 Å². The molecule has 0 aliphatic heterocycles. The first kappa shape index (κ1) is 20.3. The van der Waals surface area contributed by atoms with Gasteiger partial charge in [-0.05, 0) is 61.2 Å².